The fourth-order valence-corrected chi connectivity index (χ4v) is 3.59. The molecule has 3 rings (SSSR count). The van der Waals surface area contributed by atoms with Gasteiger partial charge in [-0.15, -0.1) is 24.8 Å². The number of unbranched alkanes of at least 4 members (excludes halogenated alkanes) is 2. The zero-order valence-electron chi connectivity index (χ0n) is 14.7. The van der Waals surface area contributed by atoms with Crippen molar-refractivity contribution in [1.29, 1.82) is 0 Å². The van der Waals surface area contributed by atoms with Gasteiger partial charge in [0.05, 0.1) is 0 Å². The summed E-state index contributed by atoms with van der Waals surface area (Å²) < 4.78 is 0. The van der Waals surface area contributed by atoms with E-state index in [1.807, 2.05) is 6.07 Å². The highest BCUT2D eigenvalue weighted by molar-refractivity contribution is 5.85. The van der Waals surface area contributed by atoms with Crippen molar-refractivity contribution in [3.63, 3.8) is 0 Å². The van der Waals surface area contributed by atoms with E-state index in [0.717, 1.165) is 25.1 Å². The molecular weight excluding hydrogens is 351 g/mol. The van der Waals surface area contributed by atoms with Crippen LogP contribution in [0, 0.1) is 0 Å². The van der Waals surface area contributed by atoms with E-state index in [2.05, 4.69) is 47.8 Å². The van der Waals surface area contributed by atoms with Gasteiger partial charge in [-0.25, -0.2) is 0 Å². The van der Waals surface area contributed by atoms with Crippen LogP contribution in [0.4, 0.5) is 5.69 Å². The Morgan fingerprint density at radius 2 is 1.72 bits per heavy atom. The second-order valence-corrected chi connectivity index (χ2v) is 6.68. The van der Waals surface area contributed by atoms with Crippen LogP contribution >= 0.6 is 24.8 Å². The summed E-state index contributed by atoms with van der Waals surface area (Å²) in [6, 6.07) is 17.8. The number of rotatable bonds is 7. The number of nitrogen functional groups attached to an aromatic ring is 1. The minimum atomic E-state index is 0. The van der Waals surface area contributed by atoms with Gasteiger partial charge in [0.1, 0.15) is 0 Å². The molecule has 0 fully saturated rings. The largest absolute Gasteiger partial charge is 0.398 e. The van der Waals surface area contributed by atoms with Crippen molar-refractivity contribution in [1.82, 2.24) is 5.32 Å². The Labute approximate surface area is 164 Å². The number of nitrogens with one attached hydrogen (secondary N) is 1. The first kappa shape index (κ1) is 21.8. The Kier molecular flexibility index (Phi) is 9.96. The lowest BCUT2D eigenvalue weighted by molar-refractivity contribution is 0.449. The van der Waals surface area contributed by atoms with Gasteiger partial charge in [0.15, 0.2) is 0 Å². The van der Waals surface area contributed by atoms with Crippen LogP contribution in [0.3, 0.4) is 0 Å². The molecule has 1 unspecified atom stereocenters. The Hall–Kier alpha value is -1.22. The van der Waals surface area contributed by atoms with E-state index in [9.17, 15) is 0 Å². The number of nitrogens with two attached hydrogens (primary N) is 1. The van der Waals surface area contributed by atoms with E-state index < -0.39 is 0 Å². The molecule has 0 saturated carbocycles. The van der Waals surface area contributed by atoms with Crippen LogP contribution in [0.25, 0.3) is 0 Å². The Balaban J connectivity index is 0.00000156. The minimum absolute atomic E-state index is 0. The Morgan fingerprint density at radius 3 is 2.52 bits per heavy atom. The van der Waals surface area contributed by atoms with Gasteiger partial charge in [-0.1, -0.05) is 48.9 Å². The van der Waals surface area contributed by atoms with Gasteiger partial charge in [-0.2, -0.15) is 0 Å². The van der Waals surface area contributed by atoms with Crippen LogP contribution in [-0.2, 0) is 19.3 Å². The first-order valence-corrected chi connectivity index (χ1v) is 8.96. The maximum absolute atomic E-state index is 6.07. The third kappa shape index (κ3) is 6.54. The molecule has 138 valence electrons. The molecule has 2 nitrogen and oxygen atoms in total. The molecule has 0 heterocycles. The average molecular weight is 381 g/mol. The molecule has 25 heavy (non-hydrogen) atoms. The molecular formula is C21H30Cl2N2. The summed E-state index contributed by atoms with van der Waals surface area (Å²) in [5, 5.41) is 3.74. The normalized spacial score (nSPS) is 15.6. The number of hydrogen-bond donors (Lipinski definition) is 2. The molecule has 1 atom stereocenters. The first-order chi connectivity index (χ1) is 11.3. The quantitative estimate of drug-likeness (QED) is 0.525. The highest BCUT2D eigenvalue weighted by Crippen LogP contribution is 2.26. The highest BCUT2D eigenvalue weighted by Gasteiger charge is 2.19. The van der Waals surface area contributed by atoms with E-state index in [0.29, 0.717) is 6.04 Å². The Morgan fingerprint density at radius 1 is 0.920 bits per heavy atom. The van der Waals surface area contributed by atoms with Gasteiger partial charge < -0.3 is 11.1 Å². The lowest BCUT2D eigenvalue weighted by Crippen LogP contribution is -2.35. The molecule has 2 aromatic carbocycles. The van der Waals surface area contributed by atoms with Crippen molar-refractivity contribution in [2.75, 3.05) is 12.3 Å². The number of anilines is 1. The van der Waals surface area contributed by atoms with Crippen molar-refractivity contribution in [3.05, 3.63) is 65.2 Å². The third-order valence-electron chi connectivity index (χ3n) is 4.94. The molecule has 2 aromatic rings. The van der Waals surface area contributed by atoms with Gasteiger partial charge >= 0.3 is 0 Å². The summed E-state index contributed by atoms with van der Waals surface area (Å²) in [5.41, 5.74) is 11.3. The SMILES string of the molecule is Cl.Cl.Nc1cccc2c1CCC(NCCCCCc1ccccc1)C2. The van der Waals surface area contributed by atoms with Crippen LogP contribution in [-0.4, -0.2) is 12.6 Å². The highest BCUT2D eigenvalue weighted by atomic mass is 35.5. The number of hydrogen-bond acceptors (Lipinski definition) is 2. The van der Waals surface area contributed by atoms with Crippen LogP contribution in [0.1, 0.15) is 42.4 Å². The van der Waals surface area contributed by atoms with Gasteiger partial charge in [0, 0.05) is 11.7 Å². The molecule has 1 aliphatic carbocycles. The molecule has 0 bridgehead atoms. The lowest BCUT2D eigenvalue weighted by atomic mass is 9.87. The van der Waals surface area contributed by atoms with E-state index in [-0.39, 0.29) is 24.8 Å². The molecule has 0 amide bonds. The number of fused-ring (bicyclic) bond motifs is 1. The molecule has 0 spiro atoms. The summed E-state index contributed by atoms with van der Waals surface area (Å²) in [5.74, 6) is 0. The van der Waals surface area contributed by atoms with Crippen LogP contribution < -0.4 is 11.1 Å². The fourth-order valence-electron chi connectivity index (χ4n) is 3.59. The third-order valence-corrected chi connectivity index (χ3v) is 4.94. The second kappa shape index (κ2) is 11.4. The Bertz CT molecular complexity index is 617. The van der Waals surface area contributed by atoms with E-state index in [1.165, 1.54) is 48.8 Å². The van der Waals surface area contributed by atoms with Crippen molar-refractivity contribution < 1.29 is 0 Å². The zero-order valence-corrected chi connectivity index (χ0v) is 16.4. The lowest BCUT2D eigenvalue weighted by Gasteiger charge is -2.26. The summed E-state index contributed by atoms with van der Waals surface area (Å²) in [7, 11) is 0. The minimum Gasteiger partial charge on any atom is -0.398 e. The molecule has 0 saturated heterocycles. The predicted octanol–water partition coefficient (Wildman–Crippen LogP) is 4.97. The second-order valence-electron chi connectivity index (χ2n) is 6.68. The maximum atomic E-state index is 6.07. The van der Waals surface area contributed by atoms with E-state index in [4.69, 9.17) is 5.73 Å². The number of aryl methyl sites for hydroxylation is 1. The summed E-state index contributed by atoms with van der Waals surface area (Å²) >= 11 is 0. The smallest absolute Gasteiger partial charge is 0.0349 e. The summed E-state index contributed by atoms with van der Waals surface area (Å²) in [6.07, 6.45) is 8.53. The van der Waals surface area contributed by atoms with E-state index in [1.54, 1.807) is 0 Å². The van der Waals surface area contributed by atoms with Crippen LogP contribution in [0.5, 0.6) is 0 Å². The van der Waals surface area contributed by atoms with Crippen LogP contribution in [0.15, 0.2) is 48.5 Å². The summed E-state index contributed by atoms with van der Waals surface area (Å²) in [4.78, 5) is 0. The average Bonchev–Trinajstić information content (AvgIpc) is 2.59. The zero-order chi connectivity index (χ0) is 15.9. The first-order valence-electron chi connectivity index (χ1n) is 8.96. The standard InChI is InChI=1S/C21H28N2.2ClH/c22-21-12-7-11-18-16-19(13-14-20(18)21)23-15-6-2-5-10-17-8-3-1-4-9-17;;/h1,3-4,7-9,11-12,19,23H,2,5-6,10,13-16,22H2;2*1H. The van der Waals surface area contributed by atoms with Gasteiger partial charge in [-0.3, -0.25) is 0 Å². The number of benzene rings is 2. The van der Waals surface area contributed by atoms with Gasteiger partial charge in [-0.05, 0) is 67.8 Å². The molecule has 0 aromatic heterocycles. The maximum Gasteiger partial charge on any atom is 0.0349 e. The van der Waals surface area contributed by atoms with Crippen molar-refractivity contribution in [2.45, 2.75) is 51.0 Å². The van der Waals surface area contributed by atoms with Crippen molar-refractivity contribution in [3.8, 4) is 0 Å². The topological polar surface area (TPSA) is 38.0 Å². The van der Waals surface area contributed by atoms with E-state index >= 15 is 0 Å². The summed E-state index contributed by atoms with van der Waals surface area (Å²) in [6.45, 7) is 1.14. The van der Waals surface area contributed by atoms with Crippen molar-refractivity contribution >= 4 is 30.5 Å². The van der Waals surface area contributed by atoms with Gasteiger partial charge in [0.25, 0.3) is 0 Å². The molecule has 4 heteroatoms. The predicted molar refractivity (Wildman–Crippen MR) is 113 cm³/mol. The molecule has 0 aliphatic heterocycles. The van der Waals surface area contributed by atoms with Crippen molar-refractivity contribution in [2.24, 2.45) is 0 Å². The fraction of sp³-hybridized carbons (Fsp3) is 0.429. The molecule has 0 radical (unpaired) electrons. The van der Waals surface area contributed by atoms with Crippen LogP contribution in [0.2, 0.25) is 0 Å². The molecule has 1 aliphatic rings. The number of halogens is 2. The monoisotopic (exact) mass is 380 g/mol. The molecule has 3 N–H and O–H groups in total. The van der Waals surface area contributed by atoms with Gasteiger partial charge in [0.2, 0.25) is 0 Å².